The van der Waals surface area contributed by atoms with Crippen LogP contribution in [0.15, 0.2) is 11.6 Å². The molecule has 0 amide bonds. The minimum absolute atomic E-state index is 0.0598. The van der Waals surface area contributed by atoms with Gasteiger partial charge in [-0.05, 0) is 92.4 Å². The van der Waals surface area contributed by atoms with E-state index in [0.717, 1.165) is 44.9 Å². The number of fused-ring (bicyclic) bond motifs is 5. The molecule has 0 aromatic carbocycles. The second kappa shape index (κ2) is 6.02. The van der Waals surface area contributed by atoms with Crippen LogP contribution in [-0.4, -0.2) is 45.8 Å². The lowest BCUT2D eigenvalue weighted by molar-refractivity contribution is -0.411. The Labute approximate surface area is 191 Å². The van der Waals surface area contributed by atoms with Gasteiger partial charge in [0, 0.05) is 18.4 Å². The highest BCUT2D eigenvalue weighted by molar-refractivity contribution is 5.45. The number of hydrogen-bond donors (Lipinski definition) is 2. The standard InChI is InChI=1S/C27H40O5/c1-22(2)14-24(32-30-16-22)10-11-27-19-6-8-23(3)21(17(19)5-9-25(27,15-24)31-27)18-13-20(18)26(23,29)7-4-12-28/h6,17-18,20-21,28-29H,4-5,7-16H2,1-3H3/t17-,18-,20+,21-,23+,24?,25-,26+,27-/m1/s1. The summed E-state index contributed by atoms with van der Waals surface area (Å²) in [6.07, 6.45) is 12.4. The average Bonchev–Trinajstić information content (AvgIpc) is 3.62. The van der Waals surface area contributed by atoms with Gasteiger partial charge in [0.2, 0.25) is 0 Å². The van der Waals surface area contributed by atoms with Crippen LogP contribution >= 0.6 is 0 Å². The normalized spacial score (nSPS) is 58.7. The van der Waals surface area contributed by atoms with Gasteiger partial charge >= 0.3 is 0 Å². The maximum atomic E-state index is 11.9. The first kappa shape index (κ1) is 20.9. The molecule has 9 atom stereocenters. The van der Waals surface area contributed by atoms with Crippen molar-refractivity contribution in [3.63, 3.8) is 0 Å². The van der Waals surface area contributed by atoms with Crippen molar-refractivity contribution in [3.8, 4) is 0 Å². The SMILES string of the molecule is CC1(C)COOC2(CC[C@]34O[C@]3(CC[C@@H]3C4=CC[C@@]4(C)[C@H]3[C@@H]3C[C@@H]3[C@@]4(O)CCCO)C2)C1. The Balaban J connectivity index is 1.19. The van der Waals surface area contributed by atoms with E-state index >= 15 is 0 Å². The maximum Gasteiger partial charge on any atom is 0.119 e. The van der Waals surface area contributed by atoms with Gasteiger partial charge in [-0.2, -0.15) is 0 Å². The third-order valence-corrected chi connectivity index (χ3v) is 11.4. The highest BCUT2D eigenvalue weighted by Crippen LogP contribution is 2.79. The van der Waals surface area contributed by atoms with E-state index in [1.54, 1.807) is 5.57 Å². The summed E-state index contributed by atoms with van der Waals surface area (Å²) in [5, 5.41) is 21.4. The minimum Gasteiger partial charge on any atom is -0.396 e. The molecule has 1 spiro atoms. The summed E-state index contributed by atoms with van der Waals surface area (Å²) in [4.78, 5) is 11.7. The Morgan fingerprint density at radius 1 is 1.12 bits per heavy atom. The number of aliphatic hydroxyl groups is 2. The fraction of sp³-hybridized carbons (Fsp3) is 0.926. The first-order valence-electron chi connectivity index (χ1n) is 13.2. The molecule has 7 aliphatic rings. The molecule has 32 heavy (non-hydrogen) atoms. The fourth-order valence-corrected chi connectivity index (χ4v) is 10.1. The molecule has 6 fully saturated rings. The van der Waals surface area contributed by atoms with E-state index in [1.165, 1.54) is 12.8 Å². The van der Waals surface area contributed by atoms with E-state index in [0.29, 0.717) is 36.7 Å². The van der Waals surface area contributed by atoms with E-state index < -0.39 is 5.60 Å². The van der Waals surface area contributed by atoms with Crippen LogP contribution in [0.25, 0.3) is 0 Å². The monoisotopic (exact) mass is 444 g/mol. The molecule has 1 unspecified atom stereocenters. The van der Waals surface area contributed by atoms with E-state index in [1.807, 2.05) is 0 Å². The van der Waals surface area contributed by atoms with Crippen molar-refractivity contribution >= 4 is 0 Å². The van der Waals surface area contributed by atoms with Gasteiger partial charge in [0.05, 0.1) is 12.2 Å². The van der Waals surface area contributed by atoms with Gasteiger partial charge in [-0.25, -0.2) is 9.78 Å². The molecule has 2 aliphatic heterocycles. The summed E-state index contributed by atoms with van der Waals surface area (Å²) in [5.41, 5.74) is 0.717. The largest absolute Gasteiger partial charge is 0.396 e. The van der Waals surface area contributed by atoms with Crippen LogP contribution in [0.3, 0.4) is 0 Å². The van der Waals surface area contributed by atoms with Crippen LogP contribution < -0.4 is 0 Å². The fourth-order valence-electron chi connectivity index (χ4n) is 10.1. The van der Waals surface area contributed by atoms with Gasteiger partial charge in [-0.3, -0.25) is 0 Å². The first-order chi connectivity index (χ1) is 15.1. The van der Waals surface area contributed by atoms with Gasteiger partial charge in [-0.15, -0.1) is 0 Å². The lowest BCUT2D eigenvalue weighted by Gasteiger charge is -2.55. The summed E-state index contributed by atoms with van der Waals surface area (Å²) >= 11 is 0. The predicted octanol–water partition coefficient (Wildman–Crippen LogP) is 4.31. The highest BCUT2D eigenvalue weighted by atomic mass is 17.2. The lowest BCUT2D eigenvalue weighted by Crippen LogP contribution is -2.57. The smallest absolute Gasteiger partial charge is 0.119 e. The minimum atomic E-state index is -0.612. The van der Waals surface area contributed by atoms with Crippen molar-refractivity contribution in [2.75, 3.05) is 13.2 Å². The van der Waals surface area contributed by atoms with Crippen LogP contribution in [0.4, 0.5) is 0 Å². The Bertz CT molecular complexity index is 883. The van der Waals surface area contributed by atoms with Gasteiger partial charge in [-0.1, -0.05) is 26.8 Å². The van der Waals surface area contributed by atoms with Crippen molar-refractivity contribution in [1.82, 2.24) is 0 Å². The number of aliphatic hydroxyl groups excluding tert-OH is 1. The molecule has 2 saturated heterocycles. The summed E-state index contributed by atoms with van der Waals surface area (Å²) in [6.45, 7) is 7.77. The Morgan fingerprint density at radius 3 is 2.75 bits per heavy atom. The first-order valence-corrected chi connectivity index (χ1v) is 13.2. The molecule has 5 nitrogen and oxygen atoms in total. The quantitative estimate of drug-likeness (QED) is 0.386. The van der Waals surface area contributed by atoms with E-state index in [-0.39, 0.29) is 34.2 Å². The van der Waals surface area contributed by atoms with Gasteiger partial charge in [0.25, 0.3) is 0 Å². The zero-order valence-corrected chi connectivity index (χ0v) is 20.0. The highest BCUT2D eigenvalue weighted by Gasteiger charge is 2.82. The molecule has 5 aliphatic carbocycles. The third-order valence-electron chi connectivity index (χ3n) is 11.4. The average molecular weight is 445 g/mol. The topological polar surface area (TPSA) is 71.5 Å². The number of rotatable bonds is 3. The molecule has 2 N–H and O–H groups in total. The number of epoxide rings is 1. The zero-order chi connectivity index (χ0) is 22.2. The maximum absolute atomic E-state index is 11.9. The van der Waals surface area contributed by atoms with Gasteiger partial charge < -0.3 is 14.9 Å². The van der Waals surface area contributed by atoms with Gasteiger partial charge in [0.15, 0.2) is 0 Å². The molecular weight excluding hydrogens is 404 g/mol. The predicted molar refractivity (Wildman–Crippen MR) is 118 cm³/mol. The number of hydrogen-bond acceptors (Lipinski definition) is 5. The number of ether oxygens (including phenoxy) is 1. The Hall–Kier alpha value is -0.460. The van der Waals surface area contributed by atoms with Crippen molar-refractivity contribution in [3.05, 3.63) is 11.6 Å². The van der Waals surface area contributed by atoms with Crippen molar-refractivity contribution in [1.29, 1.82) is 0 Å². The molecule has 0 aromatic rings. The second-order valence-electron chi connectivity index (χ2n) is 13.7. The molecule has 0 radical (unpaired) electrons. The molecular formula is C27H40O5. The summed E-state index contributed by atoms with van der Waals surface area (Å²) in [7, 11) is 0. The summed E-state index contributed by atoms with van der Waals surface area (Å²) in [6, 6.07) is 0. The van der Waals surface area contributed by atoms with Crippen LogP contribution in [0, 0.1) is 34.5 Å². The van der Waals surface area contributed by atoms with Crippen molar-refractivity contribution in [2.45, 2.75) is 107 Å². The van der Waals surface area contributed by atoms with E-state index in [9.17, 15) is 10.2 Å². The second-order valence-corrected chi connectivity index (χ2v) is 13.7. The zero-order valence-electron chi connectivity index (χ0n) is 20.0. The van der Waals surface area contributed by atoms with Crippen molar-refractivity contribution < 1.29 is 24.7 Å². The molecule has 2 heterocycles. The molecule has 0 bridgehead atoms. The molecule has 5 heteroatoms. The van der Waals surface area contributed by atoms with Crippen LogP contribution in [0.5, 0.6) is 0 Å². The molecule has 0 aromatic heterocycles. The van der Waals surface area contributed by atoms with Crippen LogP contribution in [-0.2, 0) is 14.5 Å². The van der Waals surface area contributed by atoms with Gasteiger partial charge in [0.1, 0.15) is 16.8 Å². The third kappa shape index (κ3) is 2.33. The van der Waals surface area contributed by atoms with E-state index in [2.05, 4.69) is 26.8 Å². The lowest BCUT2D eigenvalue weighted by atomic mass is 9.50. The van der Waals surface area contributed by atoms with Crippen LogP contribution in [0.1, 0.15) is 85.0 Å². The Kier molecular flexibility index (Phi) is 3.93. The molecule has 4 saturated carbocycles. The molecule has 178 valence electrons. The summed E-state index contributed by atoms with van der Waals surface area (Å²) in [5.74, 6) is 2.21. The van der Waals surface area contributed by atoms with Crippen LogP contribution in [0.2, 0.25) is 0 Å². The molecule has 7 rings (SSSR count). The summed E-state index contributed by atoms with van der Waals surface area (Å²) < 4.78 is 6.83. The Morgan fingerprint density at radius 2 is 1.97 bits per heavy atom. The number of allylic oxidation sites excluding steroid dienone is 1. The van der Waals surface area contributed by atoms with Crippen molar-refractivity contribution in [2.24, 2.45) is 34.5 Å². The van der Waals surface area contributed by atoms with E-state index in [4.69, 9.17) is 14.5 Å².